The zero-order chi connectivity index (χ0) is 18.7. The van der Waals surface area contributed by atoms with Gasteiger partial charge in [0.1, 0.15) is 6.54 Å². The first-order chi connectivity index (χ1) is 12.4. The van der Waals surface area contributed by atoms with Gasteiger partial charge in [-0.2, -0.15) is 0 Å². The van der Waals surface area contributed by atoms with Gasteiger partial charge < -0.3 is 5.32 Å². The van der Waals surface area contributed by atoms with Crippen LogP contribution in [0.5, 0.6) is 0 Å². The number of nitrogens with zero attached hydrogens (tertiary/aromatic N) is 1. The third kappa shape index (κ3) is 4.27. The zero-order valence-electron chi connectivity index (χ0n) is 13.2. The van der Waals surface area contributed by atoms with Crippen LogP contribution in [0.1, 0.15) is 5.56 Å². The molecule has 0 aromatic heterocycles. The Kier molecular flexibility index (Phi) is 5.66. The minimum atomic E-state index is -0.522. The van der Waals surface area contributed by atoms with Gasteiger partial charge in [0.15, 0.2) is 0 Å². The average Bonchev–Trinajstić information content (AvgIpc) is 2.86. The number of imide groups is 1. The predicted molar refractivity (Wildman–Crippen MR) is 104 cm³/mol. The number of amides is 3. The molecule has 0 aliphatic carbocycles. The van der Waals surface area contributed by atoms with Crippen LogP contribution in [0.2, 0.25) is 10.0 Å². The van der Waals surface area contributed by atoms with Gasteiger partial charge in [0.2, 0.25) is 5.91 Å². The summed E-state index contributed by atoms with van der Waals surface area (Å²) in [6, 6.07) is 13.5. The van der Waals surface area contributed by atoms with Crippen LogP contribution in [-0.2, 0) is 9.59 Å². The smallest absolute Gasteiger partial charge is 0.294 e. The van der Waals surface area contributed by atoms with Crippen molar-refractivity contribution in [1.29, 1.82) is 0 Å². The van der Waals surface area contributed by atoms with E-state index in [4.69, 9.17) is 23.2 Å². The number of rotatable bonds is 4. The second-order valence-electron chi connectivity index (χ2n) is 5.34. The summed E-state index contributed by atoms with van der Waals surface area (Å²) in [4.78, 5) is 37.8. The predicted octanol–water partition coefficient (Wildman–Crippen LogP) is 4.67. The molecule has 3 rings (SSSR count). The Morgan fingerprint density at radius 1 is 1.08 bits per heavy atom. The highest BCUT2D eigenvalue weighted by molar-refractivity contribution is 8.18. The van der Waals surface area contributed by atoms with Crippen molar-refractivity contribution in [1.82, 2.24) is 4.90 Å². The first kappa shape index (κ1) is 18.5. The highest BCUT2D eigenvalue weighted by Crippen LogP contribution is 2.33. The fraction of sp³-hybridized carbons (Fsp3) is 0.0556. The number of anilines is 1. The summed E-state index contributed by atoms with van der Waals surface area (Å²) in [6.45, 7) is -0.368. The number of benzene rings is 2. The molecule has 0 radical (unpaired) electrons. The van der Waals surface area contributed by atoms with E-state index in [1.54, 1.807) is 54.6 Å². The van der Waals surface area contributed by atoms with Gasteiger partial charge in [-0.1, -0.05) is 41.4 Å². The van der Waals surface area contributed by atoms with Gasteiger partial charge >= 0.3 is 0 Å². The van der Waals surface area contributed by atoms with E-state index >= 15 is 0 Å². The normalized spacial score (nSPS) is 15.6. The minimum Gasteiger partial charge on any atom is -0.325 e. The third-order valence-corrected chi connectivity index (χ3v) is 5.00. The summed E-state index contributed by atoms with van der Waals surface area (Å²) in [5.74, 6) is -1.00. The van der Waals surface area contributed by atoms with Crippen molar-refractivity contribution in [2.75, 3.05) is 11.9 Å². The van der Waals surface area contributed by atoms with E-state index in [-0.39, 0.29) is 11.4 Å². The molecule has 1 aliphatic heterocycles. The fourth-order valence-corrected chi connectivity index (χ4v) is 3.39. The number of carbonyl (C=O) groups excluding carboxylic acids is 3. The quantitative estimate of drug-likeness (QED) is 0.749. The molecule has 0 bridgehead atoms. The van der Waals surface area contributed by atoms with Crippen molar-refractivity contribution in [3.05, 3.63) is 69.0 Å². The molecule has 1 N–H and O–H groups in total. The van der Waals surface area contributed by atoms with E-state index in [1.807, 2.05) is 0 Å². The minimum absolute atomic E-state index is 0.224. The van der Waals surface area contributed by atoms with Gasteiger partial charge in [-0.3, -0.25) is 19.3 Å². The molecule has 1 aliphatic rings. The molecule has 1 saturated heterocycles. The van der Waals surface area contributed by atoms with Crippen molar-refractivity contribution in [3.63, 3.8) is 0 Å². The molecule has 132 valence electrons. The topological polar surface area (TPSA) is 66.5 Å². The summed E-state index contributed by atoms with van der Waals surface area (Å²) < 4.78 is 0. The number of halogens is 2. The highest BCUT2D eigenvalue weighted by Gasteiger charge is 2.36. The molecule has 8 heteroatoms. The zero-order valence-corrected chi connectivity index (χ0v) is 15.6. The Morgan fingerprint density at radius 2 is 1.77 bits per heavy atom. The van der Waals surface area contributed by atoms with Crippen LogP contribution in [0.4, 0.5) is 10.5 Å². The highest BCUT2D eigenvalue weighted by atomic mass is 35.5. The molecule has 1 fully saturated rings. The van der Waals surface area contributed by atoms with Crippen molar-refractivity contribution in [2.24, 2.45) is 0 Å². The fourth-order valence-electron chi connectivity index (χ4n) is 2.25. The largest absolute Gasteiger partial charge is 0.325 e. The maximum atomic E-state index is 12.4. The maximum Gasteiger partial charge on any atom is 0.294 e. The van der Waals surface area contributed by atoms with E-state index in [0.717, 1.165) is 16.7 Å². The Labute approximate surface area is 164 Å². The Hall–Kier alpha value is -2.28. The van der Waals surface area contributed by atoms with Crippen LogP contribution in [0.15, 0.2) is 53.4 Å². The van der Waals surface area contributed by atoms with Gasteiger partial charge in [0.25, 0.3) is 11.1 Å². The van der Waals surface area contributed by atoms with Crippen LogP contribution in [0, 0.1) is 0 Å². The second-order valence-corrected chi connectivity index (χ2v) is 7.18. The molecule has 0 spiro atoms. The second kappa shape index (κ2) is 7.95. The van der Waals surface area contributed by atoms with Crippen molar-refractivity contribution >= 4 is 63.8 Å². The Morgan fingerprint density at radius 3 is 2.46 bits per heavy atom. The monoisotopic (exact) mass is 406 g/mol. The average molecular weight is 407 g/mol. The van der Waals surface area contributed by atoms with Gasteiger partial charge in [-0.25, -0.2) is 0 Å². The first-order valence-corrected chi connectivity index (χ1v) is 9.06. The Balaban J connectivity index is 1.70. The van der Waals surface area contributed by atoms with Crippen molar-refractivity contribution in [2.45, 2.75) is 0 Å². The van der Waals surface area contributed by atoms with Gasteiger partial charge in [-0.05, 0) is 53.7 Å². The van der Waals surface area contributed by atoms with E-state index < -0.39 is 17.1 Å². The molecule has 5 nitrogen and oxygen atoms in total. The lowest BCUT2D eigenvalue weighted by atomic mass is 10.2. The summed E-state index contributed by atoms with van der Waals surface area (Å²) in [6.07, 6.45) is 1.55. The number of carbonyl (C=O) groups is 3. The number of nitrogens with one attached hydrogen (secondary N) is 1. The summed E-state index contributed by atoms with van der Waals surface area (Å²) in [7, 11) is 0. The molecule has 0 unspecified atom stereocenters. The molecule has 3 amide bonds. The first-order valence-electron chi connectivity index (χ1n) is 7.49. The summed E-state index contributed by atoms with van der Waals surface area (Å²) in [5, 5.41) is 3.13. The molecule has 0 atom stereocenters. The number of hydrogen-bond acceptors (Lipinski definition) is 4. The molecule has 26 heavy (non-hydrogen) atoms. The SMILES string of the molecule is O=C(CN1C(=O)S/C(=C\c2ccccc2Cl)C1=O)Nc1ccc(Cl)cc1. The summed E-state index contributed by atoms with van der Waals surface area (Å²) >= 11 is 12.6. The molecule has 2 aromatic rings. The molecule has 2 aromatic carbocycles. The van der Waals surface area contributed by atoms with E-state index in [9.17, 15) is 14.4 Å². The van der Waals surface area contributed by atoms with Gasteiger partial charge in [0.05, 0.1) is 4.91 Å². The van der Waals surface area contributed by atoms with Crippen molar-refractivity contribution < 1.29 is 14.4 Å². The third-order valence-electron chi connectivity index (χ3n) is 3.50. The van der Waals surface area contributed by atoms with Crippen LogP contribution in [0.25, 0.3) is 6.08 Å². The molecular weight excluding hydrogens is 395 g/mol. The standard InChI is InChI=1S/C18H12Cl2N2O3S/c19-12-5-7-13(8-6-12)21-16(23)10-22-17(24)15(26-18(22)25)9-11-3-1-2-4-14(11)20/h1-9H,10H2,(H,21,23)/b15-9-. The number of thioether (sulfide) groups is 1. The number of hydrogen-bond donors (Lipinski definition) is 1. The van der Waals surface area contributed by atoms with E-state index in [1.165, 1.54) is 0 Å². The Bertz CT molecular complexity index is 913. The summed E-state index contributed by atoms with van der Waals surface area (Å²) in [5.41, 5.74) is 1.16. The van der Waals surface area contributed by atoms with Crippen LogP contribution in [0.3, 0.4) is 0 Å². The van der Waals surface area contributed by atoms with Crippen LogP contribution in [-0.4, -0.2) is 28.5 Å². The molecular formula is C18H12Cl2N2O3S. The molecule has 0 saturated carbocycles. The molecule has 1 heterocycles. The van der Waals surface area contributed by atoms with Gasteiger partial charge in [-0.15, -0.1) is 0 Å². The maximum absolute atomic E-state index is 12.4. The van der Waals surface area contributed by atoms with Crippen molar-refractivity contribution in [3.8, 4) is 0 Å². The lowest BCUT2D eigenvalue weighted by Crippen LogP contribution is -2.36. The van der Waals surface area contributed by atoms with Crippen LogP contribution < -0.4 is 5.32 Å². The van der Waals surface area contributed by atoms with Gasteiger partial charge in [0, 0.05) is 15.7 Å². The van der Waals surface area contributed by atoms with E-state index in [2.05, 4.69) is 5.32 Å². The lowest BCUT2D eigenvalue weighted by molar-refractivity contribution is -0.127. The lowest BCUT2D eigenvalue weighted by Gasteiger charge is -2.12. The van der Waals surface area contributed by atoms with Crippen LogP contribution >= 0.6 is 35.0 Å². The van der Waals surface area contributed by atoms with E-state index in [0.29, 0.717) is 21.3 Å².